The molecule has 1 aromatic rings. The van der Waals surface area contributed by atoms with Crippen LogP contribution in [-0.4, -0.2) is 30.1 Å². The van der Waals surface area contributed by atoms with Crippen LogP contribution >= 0.6 is 0 Å². The van der Waals surface area contributed by atoms with Gasteiger partial charge in [0.05, 0.1) is 5.69 Å². The molecule has 1 rings (SSSR count). The summed E-state index contributed by atoms with van der Waals surface area (Å²) < 4.78 is 64.3. The van der Waals surface area contributed by atoms with Gasteiger partial charge in [0.1, 0.15) is 17.9 Å². The third-order valence-corrected chi connectivity index (χ3v) is 2.49. The Kier molecular flexibility index (Phi) is 4.91. The van der Waals surface area contributed by atoms with E-state index in [2.05, 4.69) is 0 Å². The van der Waals surface area contributed by atoms with Gasteiger partial charge in [-0.05, 0) is 18.6 Å². The van der Waals surface area contributed by atoms with Gasteiger partial charge in [0, 0.05) is 6.54 Å². The van der Waals surface area contributed by atoms with Crippen molar-refractivity contribution in [2.45, 2.75) is 19.5 Å². The highest BCUT2D eigenvalue weighted by Crippen LogP contribution is 2.23. The molecule has 0 spiro atoms. The van der Waals surface area contributed by atoms with Crippen LogP contribution in [0.3, 0.4) is 0 Å². The molecule has 0 bridgehead atoms. The Morgan fingerprint density at radius 2 is 1.90 bits per heavy atom. The van der Waals surface area contributed by atoms with Crippen molar-refractivity contribution in [1.82, 2.24) is 4.90 Å². The number of hydrogen-bond acceptors (Lipinski definition) is 2. The molecule has 1 aromatic carbocycles. The summed E-state index contributed by atoms with van der Waals surface area (Å²) >= 11 is 0. The molecular formula is C12H13F5N2O. The van der Waals surface area contributed by atoms with E-state index in [1.165, 1.54) is 0 Å². The summed E-state index contributed by atoms with van der Waals surface area (Å²) in [5.41, 5.74) is 3.63. The van der Waals surface area contributed by atoms with Crippen molar-refractivity contribution >= 4 is 11.6 Å². The van der Waals surface area contributed by atoms with Crippen molar-refractivity contribution in [3.63, 3.8) is 0 Å². The minimum Gasteiger partial charge on any atom is -0.396 e. The van der Waals surface area contributed by atoms with Crippen LogP contribution in [0.15, 0.2) is 12.1 Å². The fraction of sp³-hybridized carbons (Fsp3) is 0.417. The van der Waals surface area contributed by atoms with Crippen LogP contribution in [0, 0.1) is 11.6 Å². The molecule has 112 valence electrons. The second-order valence-electron chi connectivity index (χ2n) is 4.17. The summed E-state index contributed by atoms with van der Waals surface area (Å²) in [5, 5.41) is 0. The molecule has 8 heteroatoms. The number of anilines is 1. The first-order chi connectivity index (χ1) is 9.17. The molecule has 0 aromatic heterocycles. The van der Waals surface area contributed by atoms with E-state index in [-0.39, 0.29) is 13.0 Å². The topological polar surface area (TPSA) is 46.3 Å². The first kappa shape index (κ1) is 16.2. The number of amides is 1. The van der Waals surface area contributed by atoms with E-state index in [4.69, 9.17) is 5.73 Å². The predicted molar refractivity (Wildman–Crippen MR) is 63.0 cm³/mol. The van der Waals surface area contributed by atoms with Crippen LogP contribution in [0.25, 0.3) is 0 Å². The van der Waals surface area contributed by atoms with E-state index >= 15 is 0 Å². The smallest absolute Gasteiger partial charge is 0.396 e. The van der Waals surface area contributed by atoms with Crippen LogP contribution < -0.4 is 5.73 Å². The van der Waals surface area contributed by atoms with Gasteiger partial charge >= 0.3 is 6.18 Å². The number of rotatable bonds is 4. The Labute approximate surface area is 112 Å². The van der Waals surface area contributed by atoms with E-state index in [0.717, 1.165) is 12.1 Å². The molecule has 0 atom stereocenters. The SMILES string of the molecule is CCCN(CC(F)(F)F)C(=O)c1c(F)ccc(N)c1F. The summed E-state index contributed by atoms with van der Waals surface area (Å²) in [5.74, 6) is -3.96. The van der Waals surface area contributed by atoms with Gasteiger partial charge in [0.2, 0.25) is 0 Å². The van der Waals surface area contributed by atoms with E-state index in [1.54, 1.807) is 6.92 Å². The van der Waals surface area contributed by atoms with Gasteiger partial charge in [-0.2, -0.15) is 13.2 Å². The first-order valence-corrected chi connectivity index (χ1v) is 5.77. The van der Waals surface area contributed by atoms with Gasteiger partial charge in [-0.25, -0.2) is 8.78 Å². The lowest BCUT2D eigenvalue weighted by Gasteiger charge is -2.24. The Morgan fingerprint density at radius 1 is 1.30 bits per heavy atom. The Bertz CT molecular complexity index is 501. The number of nitrogen functional groups attached to an aromatic ring is 1. The molecule has 0 saturated heterocycles. The van der Waals surface area contributed by atoms with E-state index in [0.29, 0.717) is 4.90 Å². The van der Waals surface area contributed by atoms with Crippen molar-refractivity contribution in [1.29, 1.82) is 0 Å². The third-order valence-electron chi connectivity index (χ3n) is 2.49. The molecule has 0 saturated carbocycles. The Morgan fingerprint density at radius 3 is 2.40 bits per heavy atom. The largest absolute Gasteiger partial charge is 0.406 e. The van der Waals surface area contributed by atoms with Crippen molar-refractivity contribution in [3.8, 4) is 0 Å². The number of hydrogen-bond donors (Lipinski definition) is 1. The standard InChI is InChI=1S/C12H13F5N2O/c1-2-5-19(6-12(15,16)17)11(20)9-7(13)3-4-8(18)10(9)14/h3-4H,2,5-6,18H2,1H3. The van der Waals surface area contributed by atoms with Crippen LogP contribution in [0.5, 0.6) is 0 Å². The molecule has 2 N–H and O–H groups in total. The number of halogens is 5. The number of alkyl halides is 3. The van der Waals surface area contributed by atoms with Crippen LogP contribution in [0.2, 0.25) is 0 Å². The molecular weight excluding hydrogens is 283 g/mol. The Balaban J connectivity index is 3.16. The van der Waals surface area contributed by atoms with Crippen molar-refractivity contribution < 1.29 is 26.7 Å². The lowest BCUT2D eigenvalue weighted by molar-refractivity contribution is -0.140. The zero-order valence-corrected chi connectivity index (χ0v) is 10.6. The number of carbonyl (C=O) groups excluding carboxylic acids is 1. The fourth-order valence-electron chi connectivity index (χ4n) is 1.66. The van der Waals surface area contributed by atoms with Gasteiger partial charge < -0.3 is 10.6 Å². The number of carbonyl (C=O) groups is 1. The molecule has 20 heavy (non-hydrogen) atoms. The molecule has 0 fully saturated rings. The van der Waals surface area contributed by atoms with Crippen LogP contribution in [0.4, 0.5) is 27.6 Å². The van der Waals surface area contributed by atoms with Gasteiger partial charge in [-0.1, -0.05) is 6.92 Å². The third kappa shape index (κ3) is 3.82. The summed E-state index contributed by atoms with van der Waals surface area (Å²) in [7, 11) is 0. The lowest BCUT2D eigenvalue weighted by atomic mass is 10.1. The normalized spacial score (nSPS) is 11.5. The van der Waals surface area contributed by atoms with Crippen molar-refractivity contribution in [2.75, 3.05) is 18.8 Å². The highest BCUT2D eigenvalue weighted by Gasteiger charge is 2.34. The maximum absolute atomic E-state index is 13.7. The first-order valence-electron chi connectivity index (χ1n) is 5.77. The molecule has 0 aliphatic heterocycles. The van der Waals surface area contributed by atoms with Crippen LogP contribution in [0.1, 0.15) is 23.7 Å². The maximum Gasteiger partial charge on any atom is 0.406 e. The summed E-state index contributed by atoms with van der Waals surface area (Å²) in [6.07, 6.45) is -4.44. The fourth-order valence-corrected chi connectivity index (χ4v) is 1.66. The van der Waals surface area contributed by atoms with Crippen molar-refractivity contribution in [2.24, 2.45) is 0 Å². The second kappa shape index (κ2) is 6.06. The highest BCUT2D eigenvalue weighted by atomic mass is 19.4. The molecule has 0 radical (unpaired) electrons. The molecule has 0 unspecified atom stereocenters. The van der Waals surface area contributed by atoms with Gasteiger partial charge in [-0.3, -0.25) is 4.79 Å². The molecule has 0 heterocycles. The number of nitrogens with zero attached hydrogens (tertiary/aromatic N) is 1. The maximum atomic E-state index is 13.7. The van der Waals surface area contributed by atoms with E-state index in [9.17, 15) is 26.7 Å². The zero-order valence-electron chi connectivity index (χ0n) is 10.6. The average Bonchev–Trinajstić information content (AvgIpc) is 2.32. The molecule has 1 amide bonds. The monoisotopic (exact) mass is 296 g/mol. The Hall–Kier alpha value is -1.86. The number of benzene rings is 1. The van der Waals surface area contributed by atoms with Gasteiger partial charge in [0.15, 0.2) is 5.82 Å². The minimum atomic E-state index is -4.65. The lowest BCUT2D eigenvalue weighted by Crippen LogP contribution is -2.40. The molecule has 3 nitrogen and oxygen atoms in total. The van der Waals surface area contributed by atoms with Crippen LogP contribution in [-0.2, 0) is 0 Å². The summed E-state index contributed by atoms with van der Waals surface area (Å²) in [4.78, 5) is 12.2. The summed E-state index contributed by atoms with van der Waals surface area (Å²) in [6.45, 7) is -0.303. The van der Waals surface area contributed by atoms with Gasteiger partial charge in [-0.15, -0.1) is 0 Å². The predicted octanol–water partition coefficient (Wildman–Crippen LogP) is 2.96. The quantitative estimate of drug-likeness (QED) is 0.686. The minimum absolute atomic E-state index is 0.216. The zero-order chi connectivity index (χ0) is 15.5. The van der Waals surface area contributed by atoms with E-state index in [1.807, 2.05) is 0 Å². The summed E-state index contributed by atoms with van der Waals surface area (Å²) in [6, 6.07) is 1.64. The van der Waals surface area contributed by atoms with E-state index < -0.39 is 41.5 Å². The molecule has 0 aliphatic rings. The second-order valence-corrected chi connectivity index (χ2v) is 4.17. The van der Waals surface area contributed by atoms with Crippen molar-refractivity contribution in [3.05, 3.63) is 29.3 Å². The molecule has 0 aliphatic carbocycles. The average molecular weight is 296 g/mol. The van der Waals surface area contributed by atoms with Gasteiger partial charge in [0.25, 0.3) is 5.91 Å². The highest BCUT2D eigenvalue weighted by molar-refractivity contribution is 5.95. The number of nitrogens with two attached hydrogens (primary N) is 1.